The highest BCUT2D eigenvalue weighted by Crippen LogP contribution is 2.42. The van der Waals surface area contributed by atoms with Crippen LogP contribution in [0.5, 0.6) is 0 Å². The lowest BCUT2D eigenvalue weighted by Crippen LogP contribution is -2.55. The Bertz CT molecular complexity index is 1100. The Hall–Kier alpha value is -3.31. The zero-order chi connectivity index (χ0) is 25.7. The van der Waals surface area contributed by atoms with Crippen LogP contribution in [0.1, 0.15) is 39.9 Å². The molecule has 0 spiro atoms. The van der Waals surface area contributed by atoms with Crippen LogP contribution in [0, 0.1) is 0 Å². The van der Waals surface area contributed by atoms with Gasteiger partial charge in [0.1, 0.15) is 12.3 Å². The van der Waals surface area contributed by atoms with Gasteiger partial charge in [0.05, 0.1) is 24.3 Å². The third kappa shape index (κ3) is 5.26. The molecule has 36 heavy (non-hydrogen) atoms. The molecule has 0 bridgehead atoms. The second kappa shape index (κ2) is 11.2. The van der Waals surface area contributed by atoms with E-state index in [4.69, 9.17) is 4.74 Å². The van der Waals surface area contributed by atoms with Crippen molar-refractivity contribution in [3.05, 3.63) is 64.7 Å². The summed E-state index contributed by atoms with van der Waals surface area (Å²) in [5.41, 5.74) is 2.62. The van der Waals surface area contributed by atoms with Crippen molar-refractivity contribution in [3.63, 3.8) is 0 Å². The molecule has 192 valence electrons. The van der Waals surface area contributed by atoms with Gasteiger partial charge >= 0.3 is 0 Å². The Balaban J connectivity index is 1.50. The fourth-order valence-corrected chi connectivity index (χ4v) is 4.74. The Labute approximate surface area is 209 Å². The van der Waals surface area contributed by atoms with Crippen LogP contribution in [0.2, 0.25) is 0 Å². The van der Waals surface area contributed by atoms with Crippen LogP contribution in [0.25, 0.3) is 0 Å². The molecule has 2 aliphatic heterocycles. The number of likely N-dealkylation sites (N-methyl/N-ethyl adjacent to an activating group) is 1. The van der Waals surface area contributed by atoms with Crippen molar-refractivity contribution in [2.75, 3.05) is 38.7 Å². The fourth-order valence-electron chi connectivity index (χ4n) is 4.74. The molecule has 2 heterocycles. The van der Waals surface area contributed by atoms with Crippen LogP contribution >= 0.6 is 0 Å². The quantitative estimate of drug-likeness (QED) is 0.280. The number of nitrogens with zero attached hydrogens (tertiary/aromatic N) is 2. The van der Waals surface area contributed by atoms with E-state index in [0.29, 0.717) is 18.5 Å². The maximum absolute atomic E-state index is 13.2. The van der Waals surface area contributed by atoms with Gasteiger partial charge in [-0.05, 0) is 29.7 Å². The zero-order valence-corrected chi connectivity index (χ0v) is 20.3. The summed E-state index contributed by atoms with van der Waals surface area (Å²) in [7, 11) is 1.39. The van der Waals surface area contributed by atoms with E-state index in [0.717, 1.165) is 43.3 Å². The van der Waals surface area contributed by atoms with Crippen LogP contribution in [-0.4, -0.2) is 77.5 Å². The molecule has 1 atom stereocenters. The molecule has 1 fully saturated rings. The van der Waals surface area contributed by atoms with E-state index in [1.165, 1.54) is 18.7 Å². The number of hydrogen-bond acceptors (Lipinski definition) is 8. The standard InChI is InChI=1S/C26H32N4O6/c1-27-24(32)22(6-3-13-31)30-25(33)20-4-2-5-21(23(20)26(30,34)35)28-16-18-7-9-19(10-8-18)17-29-11-14-36-15-12-29/h2,4-5,7-10,13,22,28,34-35H,3,6,11-12,14-17H2,1H3,(H,27,32). The van der Waals surface area contributed by atoms with E-state index in [9.17, 15) is 24.6 Å². The number of nitrogens with one attached hydrogen (secondary N) is 2. The number of morpholine rings is 1. The van der Waals surface area contributed by atoms with E-state index in [1.807, 2.05) is 12.1 Å². The smallest absolute Gasteiger partial charge is 0.281 e. The number of aldehydes is 1. The summed E-state index contributed by atoms with van der Waals surface area (Å²) in [6.07, 6.45) is 0.575. The van der Waals surface area contributed by atoms with Crippen LogP contribution in [0.3, 0.4) is 0 Å². The largest absolute Gasteiger partial charge is 0.380 e. The molecule has 2 aromatic rings. The van der Waals surface area contributed by atoms with Crippen molar-refractivity contribution in [3.8, 4) is 0 Å². The molecule has 10 nitrogen and oxygen atoms in total. The summed E-state index contributed by atoms with van der Waals surface area (Å²) >= 11 is 0. The van der Waals surface area contributed by atoms with Gasteiger partial charge in [-0.1, -0.05) is 30.3 Å². The summed E-state index contributed by atoms with van der Waals surface area (Å²) in [5.74, 6) is -4.00. The minimum Gasteiger partial charge on any atom is -0.380 e. The molecule has 0 aromatic heterocycles. The van der Waals surface area contributed by atoms with E-state index in [2.05, 4.69) is 27.7 Å². The van der Waals surface area contributed by atoms with Gasteiger partial charge in [0.25, 0.3) is 11.8 Å². The van der Waals surface area contributed by atoms with Gasteiger partial charge in [0.15, 0.2) is 0 Å². The molecular weight excluding hydrogens is 464 g/mol. The number of hydrogen-bond donors (Lipinski definition) is 4. The summed E-state index contributed by atoms with van der Waals surface area (Å²) in [6.45, 7) is 4.58. The van der Waals surface area contributed by atoms with E-state index >= 15 is 0 Å². The van der Waals surface area contributed by atoms with Crippen molar-refractivity contribution in [2.45, 2.75) is 37.9 Å². The fraction of sp³-hybridized carbons (Fsp3) is 0.423. The molecule has 2 amide bonds. The molecule has 0 aliphatic carbocycles. The highest BCUT2D eigenvalue weighted by Gasteiger charge is 2.53. The first-order valence-electron chi connectivity index (χ1n) is 12.1. The summed E-state index contributed by atoms with van der Waals surface area (Å²) in [6, 6.07) is 11.7. The number of fused-ring (bicyclic) bond motifs is 1. The first-order valence-corrected chi connectivity index (χ1v) is 12.1. The number of benzene rings is 2. The number of anilines is 1. The highest BCUT2D eigenvalue weighted by molar-refractivity contribution is 6.03. The average Bonchev–Trinajstić information content (AvgIpc) is 3.10. The van der Waals surface area contributed by atoms with E-state index in [1.54, 1.807) is 12.1 Å². The number of ether oxygens (including phenoxy) is 1. The van der Waals surface area contributed by atoms with Crippen molar-refractivity contribution in [1.29, 1.82) is 0 Å². The van der Waals surface area contributed by atoms with Gasteiger partial charge in [-0.3, -0.25) is 19.4 Å². The maximum atomic E-state index is 13.2. The molecule has 2 aromatic carbocycles. The molecule has 4 N–H and O–H groups in total. The van der Waals surface area contributed by atoms with Gasteiger partial charge in [0.2, 0.25) is 5.91 Å². The van der Waals surface area contributed by atoms with E-state index in [-0.39, 0.29) is 24.0 Å². The molecule has 1 saturated heterocycles. The lowest BCUT2D eigenvalue weighted by Gasteiger charge is -2.35. The lowest BCUT2D eigenvalue weighted by atomic mass is 10.0. The third-order valence-electron chi connectivity index (χ3n) is 6.62. The monoisotopic (exact) mass is 496 g/mol. The molecule has 1 unspecified atom stereocenters. The van der Waals surface area contributed by atoms with Crippen LogP contribution in [-0.2, 0) is 33.3 Å². The summed E-state index contributed by atoms with van der Waals surface area (Å²) in [5, 5.41) is 27.8. The molecule has 2 aliphatic rings. The predicted molar refractivity (Wildman–Crippen MR) is 132 cm³/mol. The molecule has 10 heteroatoms. The number of amides is 2. The van der Waals surface area contributed by atoms with Crippen LogP contribution in [0.15, 0.2) is 42.5 Å². The average molecular weight is 497 g/mol. The van der Waals surface area contributed by atoms with Gasteiger partial charge in [-0.2, -0.15) is 0 Å². The minimum atomic E-state index is -2.72. The van der Waals surface area contributed by atoms with Crippen LogP contribution in [0.4, 0.5) is 5.69 Å². The van der Waals surface area contributed by atoms with Crippen LogP contribution < -0.4 is 10.6 Å². The highest BCUT2D eigenvalue weighted by atomic mass is 16.5. The second-order valence-electron chi connectivity index (χ2n) is 8.97. The zero-order valence-electron chi connectivity index (χ0n) is 20.3. The number of carbonyl (C=O) groups excluding carboxylic acids is 3. The second-order valence-corrected chi connectivity index (χ2v) is 8.97. The Morgan fingerprint density at radius 2 is 1.83 bits per heavy atom. The third-order valence-corrected chi connectivity index (χ3v) is 6.62. The van der Waals surface area contributed by atoms with Crippen molar-refractivity contribution < 1.29 is 29.3 Å². The predicted octanol–water partition coefficient (Wildman–Crippen LogP) is 0.775. The van der Waals surface area contributed by atoms with Gasteiger partial charge in [-0.15, -0.1) is 0 Å². The van der Waals surface area contributed by atoms with Gasteiger partial charge in [-0.25, -0.2) is 0 Å². The van der Waals surface area contributed by atoms with Crippen molar-refractivity contribution in [1.82, 2.24) is 15.1 Å². The number of carbonyl (C=O) groups is 3. The van der Waals surface area contributed by atoms with Crippen molar-refractivity contribution in [2.24, 2.45) is 0 Å². The molecule has 0 radical (unpaired) electrons. The number of aliphatic hydroxyl groups is 2. The van der Waals surface area contributed by atoms with Gasteiger partial charge in [0, 0.05) is 45.3 Å². The normalized spacial score (nSPS) is 18.0. The maximum Gasteiger partial charge on any atom is 0.281 e. The Morgan fingerprint density at radius 1 is 1.14 bits per heavy atom. The topological polar surface area (TPSA) is 131 Å². The Kier molecular flexibility index (Phi) is 8.00. The lowest BCUT2D eigenvalue weighted by molar-refractivity contribution is -0.258. The first kappa shape index (κ1) is 25.8. The Morgan fingerprint density at radius 3 is 2.50 bits per heavy atom. The minimum absolute atomic E-state index is 0.0130. The first-order chi connectivity index (χ1) is 17.4. The van der Waals surface area contributed by atoms with E-state index < -0.39 is 23.8 Å². The number of rotatable bonds is 10. The SMILES string of the molecule is CNC(=O)C(CCC=O)N1C(=O)c2cccc(NCc3ccc(CN4CCOCC4)cc3)c2C1(O)O. The summed E-state index contributed by atoms with van der Waals surface area (Å²) in [4.78, 5) is 39.6. The van der Waals surface area contributed by atoms with Gasteiger partial charge < -0.3 is 30.4 Å². The molecular formula is C26H32N4O6. The van der Waals surface area contributed by atoms with Crippen molar-refractivity contribution >= 4 is 23.8 Å². The summed E-state index contributed by atoms with van der Waals surface area (Å²) < 4.78 is 5.39. The molecule has 4 rings (SSSR count). The molecule has 0 saturated carbocycles.